The van der Waals surface area contributed by atoms with Gasteiger partial charge in [-0.05, 0) is 32.4 Å². The number of guanidine groups is 1. The number of rotatable bonds is 6. The topological polar surface area (TPSA) is 103 Å². The maximum absolute atomic E-state index is 12.4. The van der Waals surface area contributed by atoms with Gasteiger partial charge >= 0.3 is 0 Å². The summed E-state index contributed by atoms with van der Waals surface area (Å²) in [7, 11) is 1.03. The van der Waals surface area contributed by atoms with Gasteiger partial charge in [0.1, 0.15) is 0 Å². The Bertz CT molecular complexity index is 758. The zero-order valence-electron chi connectivity index (χ0n) is 16.7. The van der Waals surface area contributed by atoms with Crippen molar-refractivity contribution in [1.82, 2.24) is 20.3 Å². The largest absolute Gasteiger partial charge is 0.352 e. The van der Waals surface area contributed by atoms with E-state index in [0.717, 1.165) is 0 Å². The van der Waals surface area contributed by atoms with E-state index < -0.39 is 10.0 Å². The zero-order chi connectivity index (χ0) is 20.0. The Morgan fingerprint density at radius 3 is 2.26 bits per heavy atom. The van der Waals surface area contributed by atoms with Gasteiger partial charge in [-0.25, -0.2) is 12.7 Å². The summed E-state index contributed by atoms with van der Waals surface area (Å²) in [4.78, 5) is 16.2. The van der Waals surface area contributed by atoms with Crippen LogP contribution in [-0.4, -0.2) is 57.8 Å². The van der Waals surface area contributed by atoms with Crippen LogP contribution in [0.5, 0.6) is 0 Å². The predicted octanol–water partition coefficient (Wildman–Crippen LogP) is 1.13. The molecule has 0 spiro atoms. The smallest absolute Gasteiger partial charge is 0.242 e. The lowest BCUT2D eigenvalue weighted by atomic mass is 10.1. The molecule has 8 nitrogen and oxygen atoms in total. The molecule has 0 saturated heterocycles. The molecule has 0 aromatic heterocycles. The van der Waals surface area contributed by atoms with Crippen molar-refractivity contribution in [3.63, 3.8) is 0 Å². The number of halogens is 1. The Kier molecular flexibility index (Phi) is 10.3. The Balaban J connectivity index is 0.00000676. The fourth-order valence-electron chi connectivity index (χ4n) is 2.12. The minimum absolute atomic E-state index is 0. The first-order valence-corrected chi connectivity index (χ1v) is 9.67. The standard InChI is InChI=1S/C17H29N5O3S.HI/c1-17(2,3)21-15(23)12-20-16(18-4)19-11-13-9-7-8-10-14(13)26(24,25)22(5)6;/h7-10H,11-12H2,1-6H3,(H,21,23)(H2,18,19,20);1H. The van der Waals surface area contributed by atoms with Crippen LogP contribution in [0.15, 0.2) is 34.2 Å². The van der Waals surface area contributed by atoms with Gasteiger partial charge in [0, 0.05) is 33.2 Å². The molecule has 3 N–H and O–H groups in total. The highest BCUT2D eigenvalue weighted by Crippen LogP contribution is 2.18. The van der Waals surface area contributed by atoms with Crippen LogP contribution in [0.3, 0.4) is 0 Å². The normalized spacial score (nSPS) is 12.3. The van der Waals surface area contributed by atoms with E-state index >= 15 is 0 Å². The minimum atomic E-state index is -3.54. The van der Waals surface area contributed by atoms with Crippen LogP contribution >= 0.6 is 24.0 Å². The van der Waals surface area contributed by atoms with Gasteiger partial charge in [-0.2, -0.15) is 0 Å². The van der Waals surface area contributed by atoms with E-state index in [1.54, 1.807) is 31.3 Å². The summed E-state index contributed by atoms with van der Waals surface area (Å²) >= 11 is 0. The minimum Gasteiger partial charge on any atom is -0.352 e. The molecule has 10 heteroatoms. The van der Waals surface area contributed by atoms with E-state index in [1.807, 2.05) is 20.8 Å². The van der Waals surface area contributed by atoms with Gasteiger partial charge in [-0.15, -0.1) is 24.0 Å². The van der Waals surface area contributed by atoms with Crippen molar-refractivity contribution >= 4 is 45.9 Å². The van der Waals surface area contributed by atoms with E-state index in [-0.39, 0.29) is 53.4 Å². The second-order valence-corrected chi connectivity index (χ2v) is 9.09. The summed E-state index contributed by atoms with van der Waals surface area (Å²) in [5.74, 6) is 0.252. The first-order valence-electron chi connectivity index (χ1n) is 8.23. The molecule has 0 bridgehead atoms. The van der Waals surface area contributed by atoms with Crippen molar-refractivity contribution in [3.05, 3.63) is 29.8 Å². The maximum atomic E-state index is 12.4. The molecule has 0 heterocycles. The fraction of sp³-hybridized carbons (Fsp3) is 0.529. The number of aliphatic imine (C=N–C) groups is 1. The highest BCUT2D eigenvalue weighted by molar-refractivity contribution is 14.0. The van der Waals surface area contributed by atoms with Crippen molar-refractivity contribution in [1.29, 1.82) is 0 Å². The zero-order valence-corrected chi connectivity index (χ0v) is 19.8. The molecule has 154 valence electrons. The molecule has 0 radical (unpaired) electrons. The predicted molar refractivity (Wildman–Crippen MR) is 119 cm³/mol. The second-order valence-electron chi connectivity index (χ2n) is 6.97. The summed E-state index contributed by atoms with van der Waals surface area (Å²) < 4.78 is 26.0. The average molecular weight is 511 g/mol. The number of nitrogens with zero attached hydrogens (tertiary/aromatic N) is 2. The van der Waals surface area contributed by atoms with Crippen molar-refractivity contribution < 1.29 is 13.2 Å². The molecule has 0 aliphatic carbocycles. The second kappa shape index (κ2) is 10.8. The summed E-state index contributed by atoms with van der Waals surface area (Å²) in [5, 5.41) is 8.79. The fourth-order valence-corrected chi connectivity index (χ4v) is 3.24. The van der Waals surface area contributed by atoms with Gasteiger partial charge < -0.3 is 16.0 Å². The monoisotopic (exact) mass is 511 g/mol. The van der Waals surface area contributed by atoms with Crippen molar-refractivity contribution in [3.8, 4) is 0 Å². The Labute approximate surface area is 179 Å². The lowest BCUT2D eigenvalue weighted by Gasteiger charge is -2.21. The highest BCUT2D eigenvalue weighted by Gasteiger charge is 2.20. The van der Waals surface area contributed by atoms with E-state index in [0.29, 0.717) is 11.5 Å². The number of hydrogen-bond acceptors (Lipinski definition) is 4. The summed E-state index contributed by atoms with van der Waals surface area (Å²) in [6.07, 6.45) is 0. The molecule has 0 fully saturated rings. The molecule has 0 atom stereocenters. The average Bonchev–Trinajstić information content (AvgIpc) is 2.53. The molecule has 1 aromatic rings. The number of carbonyl (C=O) groups excluding carboxylic acids is 1. The third-order valence-corrected chi connectivity index (χ3v) is 5.25. The van der Waals surface area contributed by atoms with Crippen molar-refractivity contribution in [2.45, 2.75) is 37.8 Å². The molecule has 0 aliphatic rings. The lowest BCUT2D eigenvalue weighted by molar-refractivity contribution is -0.121. The van der Waals surface area contributed by atoms with Crippen molar-refractivity contribution in [2.75, 3.05) is 27.7 Å². The van der Waals surface area contributed by atoms with E-state index in [9.17, 15) is 13.2 Å². The summed E-state index contributed by atoms with van der Waals surface area (Å²) in [6.45, 7) is 6.03. The number of carbonyl (C=O) groups is 1. The van der Waals surface area contributed by atoms with Crippen LogP contribution in [0, 0.1) is 0 Å². The Morgan fingerprint density at radius 2 is 1.74 bits per heavy atom. The number of sulfonamides is 1. The molecular formula is C17H30IN5O3S. The maximum Gasteiger partial charge on any atom is 0.242 e. The van der Waals surface area contributed by atoms with Gasteiger partial charge in [0.05, 0.1) is 11.4 Å². The Hall–Kier alpha value is -1.40. The van der Waals surface area contributed by atoms with Gasteiger partial charge in [-0.3, -0.25) is 9.79 Å². The molecule has 1 aromatic carbocycles. The van der Waals surface area contributed by atoms with Crippen LogP contribution in [0.4, 0.5) is 0 Å². The third kappa shape index (κ3) is 8.43. The van der Waals surface area contributed by atoms with Gasteiger partial charge in [0.25, 0.3) is 0 Å². The quantitative estimate of drug-likeness (QED) is 0.302. The van der Waals surface area contributed by atoms with Crippen LogP contribution in [0.2, 0.25) is 0 Å². The van der Waals surface area contributed by atoms with Crippen LogP contribution in [0.1, 0.15) is 26.3 Å². The lowest BCUT2D eigenvalue weighted by Crippen LogP contribution is -2.48. The van der Waals surface area contributed by atoms with Crippen molar-refractivity contribution in [2.24, 2.45) is 4.99 Å². The molecule has 0 aliphatic heterocycles. The number of hydrogen-bond donors (Lipinski definition) is 3. The van der Waals surface area contributed by atoms with E-state index in [1.165, 1.54) is 18.4 Å². The van der Waals surface area contributed by atoms with Crippen LogP contribution in [0.25, 0.3) is 0 Å². The molecule has 1 rings (SSSR count). The third-order valence-electron chi connectivity index (χ3n) is 3.33. The molecule has 27 heavy (non-hydrogen) atoms. The van der Waals surface area contributed by atoms with Gasteiger partial charge in [0.15, 0.2) is 5.96 Å². The van der Waals surface area contributed by atoms with Gasteiger partial charge in [0.2, 0.25) is 15.9 Å². The van der Waals surface area contributed by atoms with E-state index in [4.69, 9.17) is 0 Å². The first kappa shape index (κ1) is 25.6. The molecule has 0 unspecified atom stereocenters. The highest BCUT2D eigenvalue weighted by atomic mass is 127. The SMILES string of the molecule is CN=C(NCC(=O)NC(C)(C)C)NCc1ccccc1S(=O)(=O)N(C)C.I. The number of nitrogens with one attached hydrogen (secondary N) is 3. The number of benzene rings is 1. The Morgan fingerprint density at radius 1 is 1.15 bits per heavy atom. The van der Waals surface area contributed by atoms with Gasteiger partial charge in [-0.1, -0.05) is 18.2 Å². The van der Waals surface area contributed by atoms with Crippen LogP contribution < -0.4 is 16.0 Å². The number of amides is 1. The van der Waals surface area contributed by atoms with Crippen LogP contribution in [-0.2, 0) is 21.4 Å². The summed E-state index contributed by atoms with van der Waals surface area (Å²) in [5.41, 5.74) is 0.304. The van der Waals surface area contributed by atoms with E-state index in [2.05, 4.69) is 20.9 Å². The first-order chi connectivity index (χ1) is 12.0. The molecular weight excluding hydrogens is 481 g/mol. The molecule has 1 amide bonds. The summed E-state index contributed by atoms with van der Waals surface area (Å²) in [6, 6.07) is 6.77. The molecule has 0 saturated carbocycles.